The number of aromatic nitrogens is 1. The Morgan fingerprint density at radius 3 is 2.48 bits per heavy atom. The summed E-state index contributed by atoms with van der Waals surface area (Å²) < 4.78 is 40.3. The van der Waals surface area contributed by atoms with Crippen LogP contribution in [0.2, 0.25) is 0 Å². The molecule has 1 amide bonds. The van der Waals surface area contributed by atoms with Gasteiger partial charge >= 0.3 is 6.18 Å². The van der Waals surface area contributed by atoms with Crippen molar-refractivity contribution in [2.75, 3.05) is 9.80 Å². The number of hydrogen-bond acceptors (Lipinski definition) is 5. The molecule has 0 aliphatic carbocycles. The predicted molar refractivity (Wildman–Crippen MR) is 106 cm³/mol. The summed E-state index contributed by atoms with van der Waals surface area (Å²) in [5.41, 5.74) is -3.01. The molecule has 2 heterocycles. The van der Waals surface area contributed by atoms with Gasteiger partial charge in [0, 0.05) is 5.69 Å². The normalized spacial score (nSPS) is 16.3. The topological polar surface area (TPSA) is 80.5 Å². The molecule has 1 saturated heterocycles. The molecule has 150 valence electrons. The van der Waals surface area contributed by atoms with Crippen molar-refractivity contribution in [3.63, 3.8) is 0 Å². The molecular formula is C18H12BrF3N4O2S. The maximum atomic E-state index is 13.3. The Balaban J connectivity index is 2.13. The van der Waals surface area contributed by atoms with Gasteiger partial charge in [-0.1, -0.05) is 0 Å². The van der Waals surface area contributed by atoms with Crippen molar-refractivity contribution < 1.29 is 23.1 Å². The van der Waals surface area contributed by atoms with Crippen molar-refractivity contribution in [1.82, 2.24) is 4.98 Å². The van der Waals surface area contributed by atoms with Gasteiger partial charge in [-0.3, -0.25) is 9.69 Å². The molecule has 0 unspecified atom stereocenters. The van der Waals surface area contributed by atoms with Crippen LogP contribution in [0.5, 0.6) is 5.75 Å². The standard InChI is InChI=1S/C18H12BrF3N4O2S/c1-17(2)15(28)25(10-5-11(18(20,21)22)13(7-23)24-8-10)16(29)26(17)9-3-4-14(27)12(19)6-9/h3-6,8,27H,1-2H3. The summed E-state index contributed by atoms with van der Waals surface area (Å²) in [7, 11) is 0. The van der Waals surface area contributed by atoms with Crippen molar-refractivity contribution in [1.29, 1.82) is 5.26 Å². The van der Waals surface area contributed by atoms with Crippen LogP contribution in [0, 0.1) is 11.3 Å². The smallest absolute Gasteiger partial charge is 0.419 e. The number of halogens is 4. The van der Waals surface area contributed by atoms with Crippen molar-refractivity contribution in [2.24, 2.45) is 0 Å². The lowest BCUT2D eigenvalue weighted by Gasteiger charge is -2.29. The van der Waals surface area contributed by atoms with Gasteiger partial charge in [0.05, 0.1) is 21.9 Å². The zero-order valence-corrected chi connectivity index (χ0v) is 17.4. The summed E-state index contributed by atoms with van der Waals surface area (Å²) in [6.07, 6.45) is -3.82. The Labute approximate surface area is 177 Å². The number of alkyl halides is 3. The van der Waals surface area contributed by atoms with E-state index in [0.29, 0.717) is 16.2 Å². The Kier molecular flexibility index (Phi) is 5.04. The molecule has 1 aromatic carbocycles. The second-order valence-electron chi connectivity index (χ2n) is 6.65. The van der Waals surface area contributed by atoms with Gasteiger partial charge in [-0.05, 0) is 66.3 Å². The molecule has 6 nitrogen and oxygen atoms in total. The minimum atomic E-state index is -4.82. The highest BCUT2D eigenvalue weighted by Crippen LogP contribution is 2.40. The van der Waals surface area contributed by atoms with Gasteiger partial charge in [-0.2, -0.15) is 18.4 Å². The molecular weight excluding hydrogens is 473 g/mol. The van der Waals surface area contributed by atoms with Crippen LogP contribution in [0.25, 0.3) is 0 Å². The fourth-order valence-corrected chi connectivity index (χ4v) is 3.86. The van der Waals surface area contributed by atoms with Crippen LogP contribution in [0.15, 0.2) is 34.9 Å². The Bertz CT molecular complexity index is 1080. The first-order valence-corrected chi connectivity index (χ1v) is 9.24. The molecule has 1 aliphatic rings. The number of nitrogens with zero attached hydrogens (tertiary/aromatic N) is 4. The average molecular weight is 485 g/mol. The number of carbonyl (C=O) groups is 1. The van der Waals surface area contributed by atoms with Crippen molar-refractivity contribution in [3.05, 3.63) is 46.2 Å². The van der Waals surface area contributed by atoms with E-state index in [1.165, 1.54) is 23.1 Å². The van der Waals surface area contributed by atoms with Crippen LogP contribution >= 0.6 is 28.1 Å². The summed E-state index contributed by atoms with van der Waals surface area (Å²) in [5, 5.41) is 18.6. The van der Waals surface area contributed by atoms with Gasteiger partial charge in [-0.25, -0.2) is 4.98 Å². The number of rotatable bonds is 2. The Morgan fingerprint density at radius 2 is 1.93 bits per heavy atom. The molecule has 0 spiro atoms. The van der Waals surface area contributed by atoms with Gasteiger partial charge < -0.3 is 10.0 Å². The number of phenolic OH excluding ortho intramolecular Hbond substituents is 1. The van der Waals surface area contributed by atoms with E-state index in [1.54, 1.807) is 19.9 Å². The van der Waals surface area contributed by atoms with Crippen LogP contribution in [-0.4, -0.2) is 26.6 Å². The lowest BCUT2D eigenvalue weighted by Crippen LogP contribution is -2.44. The maximum absolute atomic E-state index is 13.3. The number of phenols is 1. The first kappa shape index (κ1) is 21.0. The van der Waals surface area contributed by atoms with Crippen LogP contribution in [0.4, 0.5) is 24.5 Å². The van der Waals surface area contributed by atoms with Crippen LogP contribution in [0.3, 0.4) is 0 Å². The lowest BCUT2D eigenvalue weighted by molar-refractivity contribution is -0.138. The summed E-state index contributed by atoms with van der Waals surface area (Å²) in [4.78, 5) is 19.0. The minimum absolute atomic E-state index is 0.0223. The number of pyridine rings is 1. The highest BCUT2D eigenvalue weighted by molar-refractivity contribution is 9.10. The van der Waals surface area contributed by atoms with E-state index < -0.39 is 28.9 Å². The van der Waals surface area contributed by atoms with E-state index in [0.717, 1.165) is 11.1 Å². The molecule has 1 aliphatic heterocycles. The van der Waals surface area contributed by atoms with Crippen LogP contribution < -0.4 is 9.80 Å². The SMILES string of the molecule is CC1(C)C(=O)N(c2cnc(C#N)c(C(F)(F)F)c2)C(=S)N1c1ccc(O)c(Br)c1. The van der Waals surface area contributed by atoms with Crippen molar-refractivity contribution >= 4 is 50.5 Å². The highest BCUT2D eigenvalue weighted by Gasteiger charge is 2.51. The van der Waals surface area contributed by atoms with Gasteiger partial charge in [-0.15, -0.1) is 0 Å². The number of thiocarbonyl (C=S) groups is 1. The number of carbonyl (C=O) groups excluding carboxylic acids is 1. The molecule has 1 N–H and O–H groups in total. The average Bonchev–Trinajstić information content (AvgIpc) is 2.81. The molecule has 0 bridgehead atoms. The number of anilines is 2. The first-order chi connectivity index (χ1) is 13.4. The van der Waals surface area contributed by atoms with Crippen molar-refractivity contribution in [2.45, 2.75) is 25.6 Å². The minimum Gasteiger partial charge on any atom is -0.507 e. The molecule has 1 aromatic heterocycles. The molecule has 0 atom stereocenters. The molecule has 0 radical (unpaired) electrons. The van der Waals surface area contributed by atoms with Crippen LogP contribution in [0.1, 0.15) is 25.1 Å². The summed E-state index contributed by atoms with van der Waals surface area (Å²) in [5.74, 6) is -0.586. The number of hydrogen-bond donors (Lipinski definition) is 1. The Hall–Kier alpha value is -2.71. The quantitative estimate of drug-likeness (QED) is 0.638. The predicted octanol–water partition coefficient (Wildman–Crippen LogP) is 4.36. The zero-order chi connectivity index (χ0) is 21.7. The molecule has 1 fully saturated rings. The Morgan fingerprint density at radius 1 is 1.28 bits per heavy atom. The molecule has 11 heteroatoms. The third-order valence-electron chi connectivity index (χ3n) is 4.40. The fourth-order valence-electron chi connectivity index (χ4n) is 2.97. The van der Waals surface area contributed by atoms with Crippen LogP contribution in [-0.2, 0) is 11.0 Å². The monoisotopic (exact) mass is 484 g/mol. The summed E-state index contributed by atoms with van der Waals surface area (Å²) >= 11 is 8.59. The van der Waals surface area contributed by atoms with E-state index in [4.69, 9.17) is 17.5 Å². The number of aromatic hydroxyl groups is 1. The number of benzene rings is 1. The number of nitriles is 1. The second kappa shape index (κ2) is 6.96. The third kappa shape index (κ3) is 3.42. The first-order valence-electron chi connectivity index (χ1n) is 8.04. The second-order valence-corrected chi connectivity index (χ2v) is 7.87. The van der Waals surface area contributed by atoms with E-state index in [-0.39, 0.29) is 16.5 Å². The third-order valence-corrected chi connectivity index (χ3v) is 5.40. The number of amides is 1. The van der Waals surface area contributed by atoms with Gasteiger partial charge in [0.25, 0.3) is 5.91 Å². The van der Waals surface area contributed by atoms with Gasteiger partial charge in [0.15, 0.2) is 10.8 Å². The fraction of sp³-hybridized carbons (Fsp3) is 0.222. The summed E-state index contributed by atoms with van der Waals surface area (Å²) in [6, 6.07) is 6.55. The summed E-state index contributed by atoms with van der Waals surface area (Å²) in [6.45, 7) is 3.15. The van der Waals surface area contributed by atoms with Crippen molar-refractivity contribution in [3.8, 4) is 11.8 Å². The molecule has 0 saturated carbocycles. The van der Waals surface area contributed by atoms with Gasteiger partial charge in [0.1, 0.15) is 17.4 Å². The maximum Gasteiger partial charge on any atom is 0.419 e. The molecule has 3 rings (SSSR count). The van der Waals surface area contributed by atoms with E-state index in [9.17, 15) is 23.1 Å². The molecule has 2 aromatic rings. The molecule has 29 heavy (non-hydrogen) atoms. The van der Waals surface area contributed by atoms with E-state index in [1.807, 2.05) is 0 Å². The van der Waals surface area contributed by atoms with E-state index >= 15 is 0 Å². The highest BCUT2D eigenvalue weighted by atomic mass is 79.9. The van der Waals surface area contributed by atoms with Gasteiger partial charge in [0.2, 0.25) is 0 Å². The largest absolute Gasteiger partial charge is 0.507 e. The lowest BCUT2D eigenvalue weighted by atomic mass is 10.0. The zero-order valence-electron chi connectivity index (χ0n) is 15.0. The van der Waals surface area contributed by atoms with E-state index in [2.05, 4.69) is 20.9 Å².